The van der Waals surface area contributed by atoms with Crippen LogP contribution in [-0.4, -0.2) is 36.0 Å². The second kappa shape index (κ2) is 6.70. The van der Waals surface area contributed by atoms with E-state index in [1.54, 1.807) is 12.4 Å². The van der Waals surface area contributed by atoms with E-state index in [2.05, 4.69) is 50.5 Å². The van der Waals surface area contributed by atoms with Gasteiger partial charge in [-0.3, -0.25) is 14.8 Å². The molecule has 0 unspecified atom stereocenters. The van der Waals surface area contributed by atoms with Crippen molar-refractivity contribution in [1.29, 1.82) is 0 Å². The summed E-state index contributed by atoms with van der Waals surface area (Å²) in [5, 5.41) is 15.1. The lowest BCUT2D eigenvalue weighted by Gasteiger charge is -2.13. The third-order valence-electron chi connectivity index (χ3n) is 3.64. The average Bonchev–Trinajstić information content (AvgIpc) is 3.13. The Bertz CT molecular complexity index is 760. The van der Waals surface area contributed by atoms with Crippen LogP contribution in [0.25, 0.3) is 11.4 Å². The van der Waals surface area contributed by atoms with Crippen LogP contribution in [0.5, 0.6) is 0 Å². The molecule has 3 aromatic rings. The second-order valence-corrected chi connectivity index (χ2v) is 5.73. The minimum absolute atomic E-state index is 0.280. The number of aryl methyl sites for hydroxylation is 2. The largest absolute Gasteiger partial charge is 0.305 e. The van der Waals surface area contributed by atoms with Gasteiger partial charge >= 0.3 is 0 Å². The number of aromatic nitrogens is 6. The Morgan fingerprint density at radius 2 is 2.04 bits per heavy atom. The van der Waals surface area contributed by atoms with E-state index < -0.39 is 0 Å². The monoisotopic (exact) mass is 311 g/mol. The molecule has 2 N–H and O–H groups in total. The normalized spacial score (nSPS) is 12.5. The third-order valence-corrected chi connectivity index (χ3v) is 3.64. The number of H-pyrrole nitrogens is 1. The summed E-state index contributed by atoms with van der Waals surface area (Å²) in [6.45, 7) is 7.68. The SMILES string of the molecule is Cc1cc(C)n(C[C@@H](C)NCc2nc(-c3ccncc3)n[nH]2)n1. The topological polar surface area (TPSA) is 84.3 Å². The molecule has 0 aliphatic rings. The van der Waals surface area contributed by atoms with Crippen molar-refractivity contribution in [1.82, 2.24) is 35.3 Å². The lowest BCUT2D eigenvalue weighted by Crippen LogP contribution is -2.31. The van der Waals surface area contributed by atoms with Crippen molar-refractivity contribution in [3.63, 3.8) is 0 Å². The van der Waals surface area contributed by atoms with E-state index in [1.807, 2.05) is 23.7 Å². The number of pyridine rings is 1. The summed E-state index contributed by atoms with van der Waals surface area (Å²) in [5.74, 6) is 1.51. The molecule has 0 spiro atoms. The first-order valence-electron chi connectivity index (χ1n) is 7.68. The van der Waals surface area contributed by atoms with E-state index in [9.17, 15) is 0 Å². The Balaban J connectivity index is 1.56. The van der Waals surface area contributed by atoms with Crippen molar-refractivity contribution in [3.05, 3.63) is 47.8 Å². The van der Waals surface area contributed by atoms with Crippen molar-refractivity contribution in [2.75, 3.05) is 0 Å². The zero-order chi connectivity index (χ0) is 16.2. The maximum atomic E-state index is 4.50. The molecule has 3 heterocycles. The first-order chi connectivity index (χ1) is 11.1. The summed E-state index contributed by atoms with van der Waals surface area (Å²) >= 11 is 0. The van der Waals surface area contributed by atoms with E-state index in [0.717, 1.165) is 23.6 Å². The first-order valence-corrected chi connectivity index (χ1v) is 7.68. The van der Waals surface area contributed by atoms with Crippen molar-refractivity contribution in [3.8, 4) is 11.4 Å². The standard InChI is InChI=1S/C16H21N7/c1-11-8-13(3)23(22-11)10-12(2)18-9-15-19-16(21-20-15)14-4-6-17-7-5-14/h4-8,12,18H,9-10H2,1-3H3,(H,19,20,21)/t12-/m1/s1. The Morgan fingerprint density at radius 3 is 2.74 bits per heavy atom. The molecule has 23 heavy (non-hydrogen) atoms. The molecule has 0 bridgehead atoms. The van der Waals surface area contributed by atoms with E-state index in [4.69, 9.17) is 0 Å². The fourth-order valence-corrected chi connectivity index (χ4v) is 2.46. The lowest BCUT2D eigenvalue weighted by molar-refractivity contribution is 0.439. The molecule has 0 fully saturated rings. The van der Waals surface area contributed by atoms with Gasteiger partial charge < -0.3 is 5.32 Å². The number of nitrogens with one attached hydrogen (secondary N) is 2. The predicted octanol–water partition coefficient (Wildman–Crippen LogP) is 1.86. The van der Waals surface area contributed by atoms with Crippen LogP contribution in [0.4, 0.5) is 0 Å². The van der Waals surface area contributed by atoms with Crippen LogP contribution in [0.3, 0.4) is 0 Å². The van der Waals surface area contributed by atoms with Gasteiger partial charge in [-0.25, -0.2) is 4.98 Å². The molecule has 1 atom stereocenters. The number of aromatic amines is 1. The van der Waals surface area contributed by atoms with Gasteiger partial charge in [-0.15, -0.1) is 0 Å². The molecule has 0 amide bonds. The zero-order valence-electron chi connectivity index (χ0n) is 13.6. The van der Waals surface area contributed by atoms with E-state index in [-0.39, 0.29) is 6.04 Å². The van der Waals surface area contributed by atoms with Crippen LogP contribution in [0.2, 0.25) is 0 Å². The molecule has 0 radical (unpaired) electrons. The van der Waals surface area contributed by atoms with Crippen molar-refractivity contribution < 1.29 is 0 Å². The molecule has 3 aromatic heterocycles. The van der Waals surface area contributed by atoms with Gasteiger partial charge in [0.2, 0.25) is 0 Å². The van der Waals surface area contributed by atoms with E-state index in [1.165, 1.54) is 5.69 Å². The van der Waals surface area contributed by atoms with Gasteiger partial charge in [0.05, 0.1) is 18.8 Å². The molecule has 120 valence electrons. The predicted molar refractivity (Wildman–Crippen MR) is 87.6 cm³/mol. The molecule has 7 nitrogen and oxygen atoms in total. The fraction of sp³-hybridized carbons (Fsp3) is 0.375. The number of hydrogen-bond donors (Lipinski definition) is 2. The molecule has 0 aliphatic carbocycles. The Morgan fingerprint density at radius 1 is 1.26 bits per heavy atom. The molecular formula is C16H21N7. The molecular weight excluding hydrogens is 290 g/mol. The fourth-order valence-electron chi connectivity index (χ4n) is 2.46. The third kappa shape index (κ3) is 3.81. The molecule has 0 saturated carbocycles. The van der Waals surface area contributed by atoms with Gasteiger partial charge in [-0.1, -0.05) is 0 Å². The summed E-state index contributed by atoms with van der Waals surface area (Å²) in [7, 11) is 0. The Kier molecular flexibility index (Phi) is 4.47. The summed E-state index contributed by atoms with van der Waals surface area (Å²) in [6, 6.07) is 6.16. The Labute approximate surface area is 135 Å². The van der Waals surface area contributed by atoms with E-state index >= 15 is 0 Å². The van der Waals surface area contributed by atoms with Gasteiger partial charge in [0.1, 0.15) is 5.82 Å². The summed E-state index contributed by atoms with van der Waals surface area (Å²) in [6.07, 6.45) is 3.47. The van der Waals surface area contributed by atoms with Gasteiger partial charge in [-0.05, 0) is 39.0 Å². The Hall–Kier alpha value is -2.54. The first kappa shape index (κ1) is 15.4. The summed E-state index contributed by atoms with van der Waals surface area (Å²) in [5.41, 5.74) is 3.18. The lowest BCUT2D eigenvalue weighted by atomic mass is 10.2. The van der Waals surface area contributed by atoms with Crippen LogP contribution in [0.15, 0.2) is 30.6 Å². The van der Waals surface area contributed by atoms with Crippen molar-refractivity contribution in [2.24, 2.45) is 0 Å². The van der Waals surface area contributed by atoms with Crippen LogP contribution in [0.1, 0.15) is 24.1 Å². The summed E-state index contributed by atoms with van der Waals surface area (Å²) < 4.78 is 2.02. The molecule has 7 heteroatoms. The summed E-state index contributed by atoms with van der Waals surface area (Å²) in [4.78, 5) is 8.50. The average molecular weight is 311 g/mol. The van der Waals surface area contributed by atoms with Crippen LogP contribution in [0, 0.1) is 13.8 Å². The van der Waals surface area contributed by atoms with Crippen LogP contribution >= 0.6 is 0 Å². The molecule has 3 rings (SSSR count). The quantitative estimate of drug-likeness (QED) is 0.726. The van der Waals surface area contributed by atoms with Gasteiger partial charge in [0.25, 0.3) is 0 Å². The van der Waals surface area contributed by atoms with Crippen molar-refractivity contribution in [2.45, 2.75) is 39.9 Å². The highest BCUT2D eigenvalue weighted by Gasteiger charge is 2.09. The van der Waals surface area contributed by atoms with E-state index in [0.29, 0.717) is 12.4 Å². The smallest absolute Gasteiger partial charge is 0.181 e. The zero-order valence-corrected chi connectivity index (χ0v) is 13.6. The number of hydrogen-bond acceptors (Lipinski definition) is 5. The van der Waals surface area contributed by atoms with Gasteiger partial charge in [0.15, 0.2) is 5.82 Å². The van der Waals surface area contributed by atoms with Crippen LogP contribution in [-0.2, 0) is 13.1 Å². The maximum Gasteiger partial charge on any atom is 0.181 e. The highest BCUT2D eigenvalue weighted by atomic mass is 15.3. The number of nitrogens with zero attached hydrogens (tertiary/aromatic N) is 5. The van der Waals surface area contributed by atoms with Crippen LogP contribution < -0.4 is 5.32 Å². The second-order valence-electron chi connectivity index (χ2n) is 5.73. The number of rotatable bonds is 6. The molecule has 0 saturated heterocycles. The highest BCUT2D eigenvalue weighted by molar-refractivity contribution is 5.52. The minimum Gasteiger partial charge on any atom is -0.305 e. The van der Waals surface area contributed by atoms with Gasteiger partial charge in [0, 0.05) is 29.7 Å². The highest BCUT2D eigenvalue weighted by Crippen LogP contribution is 2.12. The van der Waals surface area contributed by atoms with Gasteiger partial charge in [-0.2, -0.15) is 10.2 Å². The van der Waals surface area contributed by atoms with Crippen molar-refractivity contribution >= 4 is 0 Å². The molecule has 0 aromatic carbocycles. The minimum atomic E-state index is 0.280. The molecule has 0 aliphatic heterocycles. The maximum absolute atomic E-state index is 4.50.